The van der Waals surface area contributed by atoms with E-state index in [2.05, 4.69) is 21.2 Å². The molecule has 0 spiro atoms. The first-order valence-electron chi connectivity index (χ1n) is 2.83. The van der Waals surface area contributed by atoms with Gasteiger partial charge in [0.1, 0.15) is 0 Å². The Kier molecular flexibility index (Phi) is 10.3. The number of hydrogen-bond donors (Lipinski definition) is 0. The molecule has 0 heterocycles. The Morgan fingerprint density at radius 1 is 1.33 bits per heavy atom. The summed E-state index contributed by atoms with van der Waals surface area (Å²) in [4.78, 5) is 0. The number of rotatable bonds is 8. The summed E-state index contributed by atoms with van der Waals surface area (Å²) < 4.78 is 19.6. The molecule has 0 aromatic heterocycles. The molecule has 9 heteroatoms. The third-order valence-corrected chi connectivity index (χ3v) is 4.56. The lowest BCUT2D eigenvalue weighted by molar-refractivity contribution is 0.406. The van der Waals surface area contributed by atoms with Gasteiger partial charge in [0.05, 0.1) is 0 Å². The van der Waals surface area contributed by atoms with Crippen molar-refractivity contribution >= 4 is 49.5 Å². The van der Waals surface area contributed by atoms with Gasteiger partial charge in [-0.3, -0.25) is 0 Å². The van der Waals surface area contributed by atoms with E-state index in [9.17, 15) is 0 Å². The van der Waals surface area contributed by atoms with Gasteiger partial charge in [0, 0.05) is 0 Å². The van der Waals surface area contributed by atoms with E-state index in [-0.39, 0.29) is 30.0 Å². The van der Waals surface area contributed by atoms with Gasteiger partial charge in [0.25, 0.3) is 0 Å². The van der Waals surface area contributed by atoms with Crippen LogP contribution in [-0.4, -0.2) is 49.5 Å². The van der Waals surface area contributed by atoms with E-state index in [0.717, 1.165) is 0 Å². The molecule has 0 rings (SSSR count). The SMILES string of the molecule is C=C[Si](C)O[Si]O[Si]O[Si]O[Si]. The molecule has 0 bridgehead atoms. The van der Waals surface area contributed by atoms with E-state index >= 15 is 0 Å². The second kappa shape index (κ2) is 9.75. The molecular formula is C3H6O4Si5. The quantitative estimate of drug-likeness (QED) is 0.410. The zero-order valence-corrected chi connectivity index (χ0v) is 11.4. The van der Waals surface area contributed by atoms with Crippen LogP contribution in [0.1, 0.15) is 0 Å². The Morgan fingerprint density at radius 3 is 2.58 bits per heavy atom. The highest BCUT2D eigenvalue weighted by Gasteiger charge is 2.02. The highest BCUT2D eigenvalue weighted by molar-refractivity contribution is 6.61. The van der Waals surface area contributed by atoms with Crippen molar-refractivity contribution in [3.05, 3.63) is 12.3 Å². The van der Waals surface area contributed by atoms with Gasteiger partial charge < -0.3 is 16.5 Å². The van der Waals surface area contributed by atoms with E-state index in [1.807, 2.05) is 6.55 Å². The van der Waals surface area contributed by atoms with E-state index in [4.69, 9.17) is 12.3 Å². The molecule has 0 aromatic carbocycles. The minimum atomic E-state index is -0.860. The molecule has 4 nitrogen and oxygen atoms in total. The second-order valence-corrected chi connectivity index (χ2v) is 6.87. The van der Waals surface area contributed by atoms with E-state index in [1.54, 1.807) is 5.70 Å². The van der Waals surface area contributed by atoms with Crippen LogP contribution in [0, 0.1) is 0 Å². The molecule has 62 valence electrons. The van der Waals surface area contributed by atoms with Gasteiger partial charge in [0.15, 0.2) is 0 Å². The van der Waals surface area contributed by atoms with Crippen LogP contribution in [0.2, 0.25) is 6.55 Å². The normalized spacial score (nSPS) is 10.6. The van der Waals surface area contributed by atoms with Crippen LogP contribution in [0.25, 0.3) is 0 Å². The third-order valence-electron chi connectivity index (χ3n) is 0.698. The molecular weight excluding hydrogens is 240 g/mol. The molecule has 10 radical (unpaired) electrons. The van der Waals surface area contributed by atoms with Crippen molar-refractivity contribution < 1.29 is 16.5 Å². The zero-order chi connectivity index (χ0) is 9.23. The molecule has 0 unspecified atom stereocenters. The summed E-state index contributed by atoms with van der Waals surface area (Å²) >= 11 is 0. The van der Waals surface area contributed by atoms with Crippen LogP contribution in [0.5, 0.6) is 0 Å². The lowest BCUT2D eigenvalue weighted by Crippen LogP contribution is -2.19. The molecule has 0 amide bonds. The molecule has 12 heavy (non-hydrogen) atoms. The Morgan fingerprint density at radius 2 is 2.00 bits per heavy atom. The zero-order valence-electron chi connectivity index (χ0n) is 6.42. The molecule has 0 aromatic rings. The maximum atomic E-state index is 5.24. The maximum Gasteiger partial charge on any atom is 0.412 e. The van der Waals surface area contributed by atoms with Crippen molar-refractivity contribution in [1.29, 1.82) is 0 Å². The summed E-state index contributed by atoms with van der Waals surface area (Å²) in [6, 6.07) is 0. The monoisotopic (exact) mass is 246 g/mol. The van der Waals surface area contributed by atoms with Gasteiger partial charge >= 0.3 is 30.0 Å². The minimum absolute atomic E-state index is 0.0250. The van der Waals surface area contributed by atoms with Gasteiger partial charge in [-0.2, -0.15) is 0 Å². The summed E-state index contributed by atoms with van der Waals surface area (Å²) in [6.07, 6.45) is 0. The molecule has 0 fully saturated rings. The molecule has 0 N–H and O–H groups in total. The standard InChI is InChI=1S/C3H6O4Si5/c1-3-12(2)7-11-6-10-5-9-4-8/h3H,1H2,2H3. The minimum Gasteiger partial charge on any atom is -0.435 e. The lowest BCUT2D eigenvalue weighted by atomic mass is 11.3. The molecule has 0 aliphatic carbocycles. The molecule has 0 saturated heterocycles. The van der Waals surface area contributed by atoms with Crippen molar-refractivity contribution in [2.24, 2.45) is 0 Å². The largest absolute Gasteiger partial charge is 0.435 e. The first kappa shape index (κ1) is 12.7. The highest BCUT2D eigenvalue weighted by Crippen LogP contribution is 1.83. The Balaban J connectivity index is 2.95. The molecule has 0 aliphatic heterocycles. The van der Waals surface area contributed by atoms with Crippen LogP contribution in [0.15, 0.2) is 12.3 Å². The van der Waals surface area contributed by atoms with Crippen LogP contribution in [0.4, 0.5) is 0 Å². The van der Waals surface area contributed by atoms with Gasteiger partial charge in [-0.1, -0.05) is 5.70 Å². The third kappa shape index (κ3) is 8.76. The van der Waals surface area contributed by atoms with Crippen LogP contribution < -0.4 is 0 Å². The topological polar surface area (TPSA) is 36.9 Å². The summed E-state index contributed by atoms with van der Waals surface area (Å²) in [7, 11) is 1.89. The first-order chi connectivity index (χ1) is 5.81. The maximum absolute atomic E-state index is 5.24. The van der Waals surface area contributed by atoms with Gasteiger partial charge in [0.2, 0.25) is 19.5 Å². The second-order valence-electron chi connectivity index (χ2n) is 1.47. The van der Waals surface area contributed by atoms with E-state index < -0.39 is 9.04 Å². The number of hydrogen-bond acceptors (Lipinski definition) is 4. The predicted molar refractivity (Wildman–Crippen MR) is 49.2 cm³/mol. The van der Waals surface area contributed by atoms with Crippen LogP contribution in [-0.2, 0) is 16.5 Å². The molecule has 0 atom stereocenters. The average Bonchev–Trinajstić information content (AvgIpc) is 2.10. The smallest absolute Gasteiger partial charge is 0.412 e. The first-order valence-corrected chi connectivity index (χ1v) is 7.67. The van der Waals surface area contributed by atoms with Gasteiger partial charge in [-0.15, -0.1) is 6.58 Å². The highest BCUT2D eigenvalue weighted by atomic mass is 28.4. The Hall–Kier alpha value is 0.664. The fraction of sp³-hybridized carbons (Fsp3) is 0.333. The van der Waals surface area contributed by atoms with Crippen LogP contribution >= 0.6 is 0 Å². The van der Waals surface area contributed by atoms with Crippen LogP contribution in [0.3, 0.4) is 0 Å². The van der Waals surface area contributed by atoms with E-state index in [1.165, 1.54) is 0 Å². The van der Waals surface area contributed by atoms with Crippen molar-refractivity contribution in [3.8, 4) is 0 Å². The van der Waals surface area contributed by atoms with Crippen molar-refractivity contribution in [3.63, 3.8) is 0 Å². The Bertz CT molecular complexity index is 113. The summed E-state index contributed by atoms with van der Waals surface area (Å²) in [6.45, 7) is 5.59. The fourth-order valence-corrected chi connectivity index (χ4v) is 2.96. The molecule has 0 aliphatic rings. The van der Waals surface area contributed by atoms with Crippen molar-refractivity contribution in [1.82, 2.24) is 0 Å². The average molecular weight is 247 g/mol. The van der Waals surface area contributed by atoms with E-state index in [0.29, 0.717) is 0 Å². The summed E-state index contributed by atoms with van der Waals surface area (Å²) in [5.74, 6) is 0. The summed E-state index contributed by atoms with van der Waals surface area (Å²) in [5.41, 5.74) is 1.80. The predicted octanol–water partition coefficient (Wildman–Crippen LogP) is -0.915. The fourth-order valence-electron chi connectivity index (χ4n) is 0.204. The molecule has 0 saturated carbocycles. The Labute approximate surface area is 85.1 Å². The summed E-state index contributed by atoms with van der Waals surface area (Å²) in [5, 5.41) is 0. The van der Waals surface area contributed by atoms with Crippen molar-refractivity contribution in [2.75, 3.05) is 0 Å². The van der Waals surface area contributed by atoms with Gasteiger partial charge in [-0.05, 0) is 6.55 Å². The van der Waals surface area contributed by atoms with Gasteiger partial charge in [-0.25, -0.2) is 0 Å². The lowest BCUT2D eigenvalue weighted by Gasteiger charge is -2.03. The van der Waals surface area contributed by atoms with Crippen molar-refractivity contribution in [2.45, 2.75) is 6.55 Å².